The molecule has 0 saturated carbocycles. The number of likely N-dealkylation sites (tertiary alicyclic amines) is 1. The number of hydrogen-bond acceptors (Lipinski definition) is 8. The minimum absolute atomic E-state index is 0.317. The van der Waals surface area contributed by atoms with Crippen molar-refractivity contribution < 1.29 is 14.6 Å². The quantitative estimate of drug-likeness (QED) is 0.807. The van der Waals surface area contributed by atoms with Crippen molar-refractivity contribution in [3.05, 3.63) is 18.0 Å². The van der Waals surface area contributed by atoms with Gasteiger partial charge in [-0.25, -0.2) is 0 Å². The lowest BCUT2D eigenvalue weighted by Crippen LogP contribution is -2.50. The van der Waals surface area contributed by atoms with Crippen LogP contribution in [0.15, 0.2) is 12.1 Å². The van der Waals surface area contributed by atoms with E-state index >= 15 is 0 Å². The van der Waals surface area contributed by atoms with E-state index in [0.717, 1.165) is 43.2 Å². The third-order valence-corrected chi connectivity index (χ3v) is 5.32. The molecule has 4 rings (SSSR count). The molecule has 0 bridgehead atoms. The first-order chi connectivity index (χ1) is 13.0. The lowest BCUT2D eigenvalue weighted by atomic mass is 9.94. The Balaban J connectivity index is 1.42. The highest BCUT2D eigenvalue weighted by Gasteiger charge is 2.34. The Morgan fingerprint density at radius 1 is 1.15 bits per heavy atom. The van der Waals surface area contributed by atoms with E-state index in [9.17, 15) is 5.11 Å². The first kappa shape index (κ1) is 18.5. The molecule has 2 aromatic heterocycles. The van der Waals surface area contributed by atoms with Crippen molar-refractivity contribution in [1.82, 2.24) is 24.7 Å². The molecule has 9 nitrogen and oxygen atoms in total. The molecular weight excluding hydrogens is 348 g/mol. The first-order valence-electron chi connectivity index (χ1n) is 9.54. The van der Waals surface area contributed by atoms with Crippen molar-refractivity contribution >= 4 is 11.5 Å². The van der Waals surface area contributed by atoms with Crippen LogP contribution in [0.25, 0.3) is 5.65 Å². The summed E-state index contributed by atoms with van der Waals surface area (Å²) in [7, 11) is 3.95. The molecular formula is C18H28N6O3. The largest absolute Gasteiger partial charge is 0.384 e. The van der Waals surface area contributed by atoms with Crippen molar-refractivity contribution in [1.29, 1.82) is 0 Å². The molecule has 0 unspecified atom stereocenters. The van der Waals surface area contributed by atoms with Gasteiger partial charge in [0.25, 0.3) is 0 Å². The van der Waals surface area contributed by atoms with Crippen molar-refractivity contribution in [2.75, 3.05) is 65.1 Å². The highest BCUT2D eigenvalue weighted by atomic mass is 16.6. The van der Waals surface area contributed by atoms with Crippen molar-refractivity contribution in [2.45, 2.75) is 24.4 Å². The van der Waals surface area contributed by atoms with Gasteiger partial charge in [-0.15, -0.1) is 15.3 Å². The third kappa shape index (κ3) is 4.06. The van der Waals surface area contributed by atoms with Crippen molar-refractivity contribution in [2.24, 2.45) is 0 Å². The highest BCUT2D eigenvalue weighted by Crippen LogP contribution is 2.28. The molecule has 2 aliphatic heterocycles. The number of ether oxygens (including phenoxy) is 2. The summed E-state index contributed by atoms with van der Waals surface area (Å²) in [6.45, 7) is 4.13. The Bertz CT molecular complexity index is 764. The number of β-amino-alcohol motifs (C(OH)–C–C–N with tert-alkyl or cyclic N) is 1. The van der Waals surface area contributed by atoms with Crippen LogP contribution in [0, 0.1) is 0 Å². The SMILES string of the molecule is CN(C)c1ccc2nnc(C3CCN(CC4(O)COCCOC4)CC3)n2n1. The number of anilines is 1. The lowest BCUT2D eigenvalue weighted by molar-refractivity contribution is -0.0768. The van der Waals surface area contributed by atoms with Crippen LogP contribution in [-0.4, -0.2) is 95.6 Å². The summed E-state index contributed by atoms with van der Waals surface area (Å²) in [5.74, 6) is 2.13. The van der Waals surface area contributed by atoms with Gasteiger partial charge in [-0.05, 0) is 38.1 Å². The van der Waals surface area contributed by atoms with Gasteiger partial charge in [0.15, 0.2) is 11.5 Å². The van der Waals surface area contributed by atoms with Crippen LogP contribution in [0.4, 0.5) is 5.82 Å². The summed E-state index contributed by atoms with van der Waals surface area (Å²) >= 11 is 0. The molecule has 0 atom stereocenters. The van der Waals surface area contributed by atoms with Crippen LogP contribution in [0.5, 0.6) is 0 Å². The predicted molar refractivity (Wildman–Crippen MR) is 100 cm³/mol. The van der Waals surface area contributed by atoms with E-state index in [0.29, 0.717) is 38.9 Å². The normalized spacial score (nSPS) is 22.0. The Morgan fingerprint density at radius 2 is 1.85 bits per heavy atom. The minimum Gasteiger partial charge on any atom is -0.384 e. The van der Waals surface area contributed by atoms with Gasteiger partial charge in [-0.3, -0.25) is 0 Å². The average Bonchev–Trinajstić information content (AvgIpc) is 2.96. The lowest BCUT2D eigenvalue weighted by Gasteiger charge is -2.36. The predicted octanol–water partition coefficient (Wildman–Crippen LogP) is 0.148. The fourth-order valence-electron chi connectivity index (χ4n) is 3.83. The number of hydrogen-bond donors (Lipinski definition) is 1. The van der Waals surface area contributed by atoms with Crippen LogP contribution in [0.1, 0.15) is 24.6 Å². The van der Waals surface area contributed by atoms with E-state index in [-0.39, 0.29) is 0 Å². The molecule has 4 heterocycles. The maximum absolute atomic E-state index is 10.7. The molecule has 2 saturated heterocycles. The van der Waals surface area contributed by atoms with Crippen LogP contribution in [-0.2, 0) is 9.47 Å². The summed E-state index contributed by atoms with van der Waals surface area (Å²) in [6, 6.07) is 3.91. The Labute approximate surface area is 158 Å². The van der Waals surface area contributed by atoms with E-state index in [1.165, 1.54) is 0 Å². The average molecular weight is 376 g/mol. The maximum atomic E-state index is 10.7. The molecule has 148 valence electrons. The minimum atomic E-state index is -0.924. The second-order valence-corrected chi connectivity index (χ2v) is 7.79. The van der Waals surface area contributed by atoms with Crippen LogP contribution >= 0.6 is 0 Å². The van der Waals surface area contributed by atoms with Gasteiger partial charge in [0.1, 0.15) is 11.4 Å². The molecule has 2 aliphatic rings. The second kappa shape index (κ2) is 7.67. The van der Waals surface area contributed by atoms with E-state index in [2.05, 4.69) is 20.2 Å². The van der Waals surface area contributed by atoms with Crippen LogP contribution in [0.2, 0.25) is 0 Å². The molecule has 0 radical (unpaired) electrons. The summed E-state index contributed by atoms with van der Waals surface area (Å²) in [6.07, 6.45) is 1.93. The number of aromatic nitrogens is 4. The molecule has 0 aliphatic carbocycles. The van der Waals surface area contributed by atoms with Gasteiger partial charge in [0, 0.05) is 26.6 Å². The zero-order valence-corrected chi connectivity index (χ0v) is 16.0. The summed E-state index contributed by atoms with van der Waals surface area (Å²) in [4.78, 5) is 4.26. The van der Waals surface area contributed by atoms with Gasteiger partial charge in [0.05, 0.1) is 26.4 Å². The van der Waals surface area contributed by atoms with Gasteiger partial charge >= 0.3 is 0 Å². The zero-order chi connectivity index (χ0) is 18.9. The summed E-state index contributed by atoms with van der Waals surface area (Å²) in [5.41, 5.74) is -0.146. The number of nitrogens with zero attached hydrogens (tertiary/aromatic N) is 6. The Morgan fingerprint density at radius 3 is 2.52 bits per heavy atom. The number of fused-ring (bicyclic) bond motifs is 1. The first-order valence-corrected chi connectivity index (χ1v) is 9.54. The number of rotatable bonds is 4. The second-order valence-electron chi connectivity index (χ2n) is 7.79. The number of piperidine rings is 1. The summed E-state index contributed by atoms with van der Waals surface area (Å²) in [5, 5.41) is 24.1. The maximum Gasteiger partial charge on any atom is 0.178 e. The molecule has 2 aromatic rings. The van der Waals surface area contributed by atoms with E-state index in [4.69, 9.17) is 9.47 Å². The topological polar surface area (TPSA) is 88.3 Å². The molecule has 1 N–H and O–H groups in total. The van der Waals surface area contributed by atoms with Crippen LogP contribution < -0.4 is 4.90 Å². The fourth-order valence-corrected chi connectivity index (χ4v) is 3.83. The monoisotopic (exact) mass is 376 g/mol. The summed E-state index contributed by atoms with van der Waals surface area (Å²) < 4.78 is 12.8. The zero-order valence-electron chi connectivity index (χ0n) is 16.0. The standard InChI is InChI=1S/C18H28N6O3/c1-22(2)16-4-3-15-19-20-17(24(15)21-16)14-5-7-23(8-6-14)11-18(25)12-26-9-10-27-13-18/h3-4,14,25H,5-13H2,1-2H3. The van der Waals surface area contributed by atoms with Crippen molar-refractivity contribution in [3.8, 4) is 0 Å². The molecule has 0 spiro atoms. The van der Waals surface area contributed by atoms with E-state index < -0.39 is 5.60 Å². The van der Waals surface area contributed by atoms with Gasteiger partial charge in [-0.1, -0.05) is 0 Å². The van der Waals surface area contributed by atoms with Crippen LogP contribution in [0.3, 0.4) is 0 Å². The molecule has 27 heavy (non-hydrogen) atoms. The molecule has 9 heteroatoms. The fraction of sp³-hybridized carbons (Fsp3) is 0.722. The third-order valence-electron chi connectivity index (χ3n) is 5.32. The number of aliphatic hydroxyl groups is 1. The molecule has 0 amide bonds. The van der Waals surface area contributed by atoms with E-state index in [1.54, 1.807) is 0 Å². The van der Waals surface area contributed by atoms with Gasteiger partial charge < -0.3 is 24.4 Å². The molecule has 2 fully saturated rings. The van der Waals surface area contributed by atoms with Crippen molar-refractivity contribution in [3.63, 3.8) is 0 Å². The Kier molecular flexibility index (Phi) is 5.27. The highest BCUT2D eigenvalue weighted by molar-refractivity contribution is 5.45. The van der Waals surface area contributed by atoms with Gasteiger partial charge in [-0.2, -0.15) is 4.52 Å². The Hall–Kier alpha value is -1.81. The van der Waals surface area contributed by atoms with E-state index in [1.807, 2.05) is 35.6 Å². The van der Waals surface area contributed by atoms with Gasteiger partial charge in [0.2, 0.25) is 0 Å². The smallest absolute Gasteiger partial charge is 0.178 e. The molecule has 0 aromatic carbocycles.